The van der Waals surface area contributed by atoms with Gasteiger partial charge in [0.05, 0.1) is 38.2 Å². The largest absolute Gasteiger partial charge is 0.493 e. The molecular formula is C18H25BrIN3O3S. The molecule has 0 unspecified atom stereocenters. The van der Waals surface area contributed by atoms with E-state index < -0.39 is 0 Å². The number of thiophene rings is 1. The lowest BCUT2D eigenvalue weighted by Crippen LogP contribution is -2.36. The monoisotopic (exact) mass is 569 g/mol. The number of rotatable bonds is 8. The molecule has 2 aromatic rings. The Morgan fingerprint density at radius 2 is 1.74 bits per heavy atom. The molecule has 27 heavy (non-hydrogen) atoms. The molecule has 0 bridgehead atoms. The molecule has 0 fully saturated rings. The smallest absolute Gasteiger partial charge is 0.203 e. The van der Waals surface area contributed by atoms with Gasteiger partial charge in [0.1, 0.15) is 0 Å². The van der Waals surface area contributed by atoms with E-state index in [0.29, 0.717) is 23.8 Å². The molecule has 1 aromatic carbocycles. The van der Waals surface area contributed by atoms with Crippen LogP contribution >= 0.6 is 51.2 Å². The third-order valence-electron chi connectivity index (χ3n) is 3.55. The highest BCUT2D eigenvalue weighted by molar-refractivity contribution is 14.0. The van der Waals surface area contributed by atoms with Crippen molar-refractivity contribution in [2.75, 3.05) is 27.9 Å². The minimum Gasteiger partial charge on any atom is -0.493 e. The summed E-state index contributed by atoms with van der Waals surface area (Å²) in [7, 11) is 4.80. The van der Waals surface area contributed by atoms with Gasteiger partial charge >= 0.3 is 0 Å². The molecule has 0 aliphatic carbocycles. The first-order chi connectivity index (χ1) is 12.6. The average Bonchev–Trinajstić information content (AvgIpc) is 3.08. The molecule has 0 radical (unpaired) electrons. The summed E-state index contributed by atoms with van der Waals surface area (Å²) in [5.74, 6) is 2.58. The molecule has 0 atom stereocenters. The van der Waals surface area contributed by atoms with Gasteiger partial charge in [-0.1, -0.05) is 0 Å². The lowest BCUT2D eigenvalue weighted by Gasteiger charge is -2.14. The summed E-state index contributed by atoms with van der Waals surface area (Å²) in [6, 6.07) is 7.95. The van der Waals surface area contributed by atoms with Crippen LogP contribution in [0.15, 0.2) is 33.0 Å². The number of halogens is 2. The van der Waals surface area contributed by atoms with E-state index >= 15 is 0 Å². The van der Waals surface area contributed by atoms with Gasteiger partial charge in [-0.05, 0) is 52.7 Å². The van der Waals surface area contributed by atoms with E-state index in [4.69, 9.17) is 14.2 Å². The number of guanidine groups is 1. The predicted octanol–water partition coefficient (Wildman–Crippen LogP) is 4.41. The van der Waals surface area contributed by atoms with Gasteiger partial charge in [0, 0.05) is 11.4 Å². The van der Waals surface area contributed by atoms with Crippen LogP contribution < -0.4 is 24.8 Å². The predicted molar refractivity (Wildman–Crippen MR) is 125 cm³/mol. The van der Waals surface area contributed by atoms with Crippen molar-refractivity contribution in [2.24, 2.45) is 4.99 Å². The summed E-state index contributed by atoms with van der Waals surface area (Å²) < 4.78 is 17.3. The van der Waals surface area contributed by atoms with Crippen LogP contribution in [-0.4, -0.2) is 33.8 Å². The third kappa shape index (κ3) is 7.04. The summed E-state index contributed by atoms with van der Waals surface area (Å²) >= 11 is 5.18. The van der Waals surface area contributed by atoms with E-state index in [2.05, 4.69) is 37.6 Å². The van der Waals surface area contributed by atoms with Crippen LogP contribution in [0.5, 0.6) is 17.2 Å². The molecule has 0 saturated carbocycles. The van der Waals surface area contributed by atoms with Crippen molar-refractivity contribution < 1.29 is 14.2 Å². The zero-order valence-corrected chi connectivity index (χ0v) is 20.5. The van der Waals surface area contributed by atoms with Gasteiger partial charge in [0.25, 0.3) is 0 Å². The van der Waals surface area contributed by atoms with Crippen LogP contribution in [0.4, 0.5) is 0 Å². The molecule has 1 aromatic heterocycles. The van der Waals surface area contributed by atoms with Gasteiger partial charge in [0.15, 0.2) is 17.5 Å². The summed E-state index contributed by atoms with van der Waals surface area (Å²) in [5, 5.41) is 6.60. The van der Waals surface area contributed by atoms with E-state index in [-0.39, 0.29) is 24.0 Å². The first-order valence-electron chi connectivity index (χ1n) is 8.16. The van der Waals surface area contributed by atoms with Crippen molar-refractivity contribution in [3.05, 3.63) is 38.5 Å². The average molecular weight is 570 g/mol. The van der Waals surface area contributed by atoms with Gasteiger partial charge in [-0.2, -0.15) is 0 Å². The Labute approximate surface area is 189 Å². The maximum Gasteiger partial charge on any atom is 0.203 e. The SMILES string of the molecule is CCNC(=NCc1cc(OC)c(OC)c(OC)c1)NCc1ccc(Br)s1.I. The second-order valence-electron chi connectivity index (χ2n) is 5.29. The molecule has 2 N–H and O–H groups in total. The number of methoxy groups -OCH3 is 3. The van der Waals surface area contributed by atoms with Crippen LogP contribution in [0.1, 0.15) is 17.4 Å². The quantitative estimate of drug-likeness (QED) is 0.280. The summed E-state index contributed by atoms with van der Waals surface area (Å²) in [6.45, 7) is 4.03. The fourth-order valence-corrected chi connectivity index (χ4v) is 3.78. The Morgan fingerprint density at radius 3 is 2.22 bits per heavy atom. The van der Waals surface area contributed by atoms with Crippen molar-refractivity contribution in [3.63, 3.8) is 0 Å². The summed E-state index contributed by atoms with van der Waals surface area (Å²) in [6.07, 6.45) is 0. The number of benzene rings is 1. The molecule has 9 heteroatoms. The second kappa shape index (κ2) is 12.3. The fourth-order valence-electron chi connectivity index (χ4n) is 2.36. The number of hydrogen-bond donors (Lipinski definition) is 2. The van der Waals surface area contributed by atoms with Crippen LogP contribution in [-0.2, 0) is 13.1 Å². The molecule has 2 rings (SSSR count). The standard InChI is InChI=1S/C18H24BrN3O3S.HI/c1-5-20-18(22-11-13-6-7-16(19)26-13)21-10-12-8-14(23-2)17(25-4)15(9-12)24-3;/h6-9H,5,10-11H2,1-4H3,(H2,20,21,22);1H. The first-order valence-corrected chi connectivity index (χ1v) is 9.77. The highest BCUT2D eigenvalue weighted by Gasteiger charge is 2.13. The summed E-state index contributed by atoms with van der Waals surface area (Å²) in [5.41, 5.74) is 0.968. The van der Waals surface area contributed by atoms with E-state index in [1.165, 1.54) is 4.88 Å². The number of hydrogen-bond acceptors (Lipinski definition) is 5. The molecule has 1 heterocycles. The van der Waals surface area contributed by atoms with Crippen molar-refractivity contribution in [1.29, 1.82) is 0 Å². The topological polar surface area (TPSA) is 64.1 Å². The molecule has 150 valence electrons. The van der Waals surface area contributed by atoms with E-state index in [9.17, 15) is 0 Å². The number of nitrogens with one attached hydrogen (secondary N) is 2. The van der Waals surface area contributed by atoms with Gasteiger partial charge in [0.2, 0.25) is 5.75 Å². The van der Waals surface area contributed by atoms with Crippen LogP contribution in [0.3, 0.4) is 0 Å². The Morgan fingerprint density at radius 1 is 1.07 bits per heavy atom. The van der Waals surface area contributed by atoms with Crippen LogP contribution in [0.2, 0.25) is 0 Å². The molecule has 0 amide bonds. The highest BCUT2D eigenvalue weighted by Crippen LogP contribution is 2.38. The molecule has 0 aliphatic heterocycles. The highest BCUT2D eigenvalue weighted by atomic mass is 127. The maximum atomic E-state index is 5.39. The van der Waals surface area contributed by atoms with Crippen molar-refractivity contribution in [3.8, 4) is 17.2 Å². The van der Waals surface area contributed by atoms with Gasteiger partial charge in [-0.15, -0.1) is 35.3 Å². The minimum absolute atomic E-state index is 0. The Kier molecular flexibility index (Phi) is 10.9. The number of aliphatic imine (C=N–C) groups is 1. The number of nitrogens with zero attached hydrogens (tertiary/aromatic N) is 1. The number of ether oxygens (including phenoxy) is 3. The fraction of sp³-hybridized carbons (Fsp3) is 0.389. The van der Waals surface area contributed by atoms with E-state index in [1.54, 1.807) is 32.7 Å². The maximum absolute atomic E-state index is 5.39. The van der Waals surface area contributed by atoms with Crippen LogP contribution in [0.25, 0.3) is 0 Å². The normalized spacial score (nSPS) is 10.8. The second-order valence-corrected chi connectivity index (χ2v) is 7.84. The molecule has 0 saturated heterocycles. The minimum atomic E-state index is 0. The summed E-state index contributed by atoms with van der Waals surface area (Å²) in [4.78, 5) is 5.88. The Hall–Kier alpha value is -1.20. The van der Waals surface area contributed by atoms with Gasteiger partial charge in [-0.3, -0.25) is 0 Å². The molecule has 0 spiro atoms. The van der Waals surface area contributed by atoms with Crippen molar-refractivity contribution in [1.82, 2.24) is 10.6 Å². The van der Waals surface area contributed by atoms with E-state index in [0.717, 1.165) is 28.4 Å². The molecule has 0 aliphatic rings. The van der Waals surface area contributed by atoms with Crippen molar-refractivity contribution in [2.45, 2.75) is 20.0 Å². The lowest BCUT2D eigenvalue weighted by atomic mass is 10.2. The zero-order chi connectivity index (χ0) is 18.9. The molecule has 6 nitrogen and oxygen atoms in total. The first kappa shape index (κ1) is 23.8. The van der Waals surface area contributed by atoms with Crippen molar-refractivity contribution >= 4 is 57.2 Å². The molecular weight excluding hydrogens is 545 g/mol. The van der Waals surface area contributed by atoms with Gasteiger partial charge < -0.3 is 24.8 Å². The zero-order valence-electron chi connectivity index (χ0n) is 15.8. The van der Waals surface area contributed by atoms with Gasteiger partial charge in [-0.25, -0.2) is 4.99 Å². The Balaban J connectivity index is 0.00000364. The third-order valence-corrected chi connectivity index (χ3v) is 5.17. The Bertz CT molecular complexity index is 730. The lowest BCUT2D eigenvalue weighted by molar-refractivity contribution is 0.324. The van der Waals surface area contributed by atoms with Crippen LogP contribution in [0, 0.1) is 0 Å². The van der Waals surface area contributed by atoms with E-state index in [1.807, 2.05) is 25.1 Å².